The molecule has 1 atom stereocenters. The monoisotopic (exact) mass is 461 g/mol. The Kier molecular flexibility index (Phi) is 8.64. The van der Waals surface area contributed by atoms with Crippen LogP contribution in [0.3, 0.4) is 0 Å². The minimum absolute atomic E-state index is 0.0166. The van der Waals surface area contributed by atoms with Gasteiger partial charge in [-0.3, -0.25) is 9.52 Å². The van der Waals surface area contributed by atoms with Crippen molar-refractivity contribution in [3.8, 4) is 0 Å². The number of carbonyl (C=O) groups is 1. The van der Waals surface area contributed by atoms with Crippen LogP contribution in [-0.2, 0) is 21.2 Å². The first-order valence-corrected chi connectivity index (χ1v) is 12.7. The summed E-state index contributed by atoms with van der Waals surface area (Å²) in [6, 6.07) is 12.0. The van der Waals surface area contributed by atoms with Crippen molar-refractivity contribution in [2.75, 3.05) is 24.4 Å². The van der Waals surface area contributed by atoms with E-state index in [0.29, 0.717) is 18.3 Å². The SMILES string of the molecule is CC1CCCCN1CCCCNC(=O)Cc1ccc(NS(=O)(=O)c2ccc(F)cc2)cc1. The highest BCUT2D eigenvalue weighted by Gasteiger charge is 2.17. The van der Waals surface area contributed by atoms with Gasteiger partial charge in [-0.25, -0.2) is 12.8 Å². The van der Waals surface area contributed by atoms with Crippen LogP contribution < -0.4 is 10.0 Å². The Labute approximate surface area is 190 Å². The maximum atomic E-state index is 13.0. The molecule has 32 heavy (non-hydrogen) atoms. The number of unbranched alkanes of at least 4 members (excludes halogenated alkanes) is 1. The second kappa shape index (κ2) is 11.4. The number of nitrogens with one attached hydrogen (secondary N) is 2. The van der Waals surface area contributed by atoms with Crippen molar-refractivity contribution < 1.29 is 17.6 Å². The molecule has 1 heterocycles. The number of halogens is 1. The van der Waals surface area contributed by atoms with Crippen LogP contribution in [-0.4, -0.2) is 44.9 Å². The molecule has 8 heteroatoms. The molecule has 3 rings (SSSR count). The third-order valence-electron chi connectivity index (χ3n) is 5.83. The number of hydrogen-bond donors (Lipinski definition) is 2. The number of likely N-dealkylation sites (tertiary alicyclic amines) is 1. The number of nitrogens with zero attached hydrogens (tertiary/aromatic N) is 1. The molecule has 1 saturated heterocycles. The van der Waals surface area contributed by atoms with E-state index in [9.17, 15) is 17.6 Å². The van der Waals surface area contributed by atoms with Crippen LogP contribution in [0.2, 0.25) is 0 Å². The number of piperidine rings is 1. The van der Waals surface area contributed by atoms with E-state index in [2.05, 4.69) is 21.9 Å². The van der Waals surface area contributed by atoms with Crippen LogP contribution in [0.1, 0.15) is 44.6 Å². The molecule has 0 saturated carbocycles. The molecular formula is C24H32FN3O3S. The standard InChI is InChI=1S/C24H32FN3O3S/c1-19-6-2-4-16-28(19)17-5-3-15-26-24(29)18-20-7-11-22(12-8-20)27-32(30,31)23-13-9-21(25)10-14-23/h7-14,19,27H,2-6,15-18H2,1H3,(H,26,29). The zero-order valence-electron chi connectivity index (χ0n) is 18.5. The van der Waals surface area contributed by atoms with Crippen LogP contribution >= 0.6 is 0 Å². The molecule has 0 aliphatic carbocycles. The lowest BCUT2D eigenvalue weighted by Crippen LogP contribution is -2.38. The molecule has 1 aliphatic heterocycles. The fourth-order valence-electron chi connectivity index (χ4n) is 3.92. The highest BCUT2D eigenvalue weighted by atomic mass is 32.2. The number of anilines is 1. The fourth-order valence-corrected chi connectivity index (χ4v) is 4.98. The van der Waals surface area contributed by atoms with Gasteiger partial charge in [0.2, 0.25) is 5.91 Å². The zero-order chi connectivity index (χ0) is 23.0. The molecule has 2 aromatic carbocycles. The van der Waals surface area contributed by atoms with Crippen LogP contribution in [0, 0.1) is 5.82 Å². The lowest BCUT2D eigenvalue weighted by molar-refractivity contribution is -0.120. The minimum Gasteiger partial charge on any atom is -0.356 e. The maximum Gasteiger partial charge on any atom is 0.261 e. The summed E-state index contributed by atoms with van der Waals surface area (Å²) in [5, 5.41) is 2.96. The highest BCUT2D eigenvalue weighted by molar-refractivity contribution is 7.92. The normalized spacial score (nSPS) is 17.1. The Morgan fingerprint density at radius 3 is 2.47 bits per heavy atom. The van der Waals surface area contributed by atoms with Crippen LogP contribution in [0.4, 0.5) is 10.1 Å². The van der Waals surface area contributed by atoms with Gasteiger partial charge in [0.15, 0.2) is 0 Å². The summed E-state index contributed by atoms with van der Waals surface area (Å²) in [5.74, 6) is -0.542. The Bertz CT molecular complexity index is 979. The number of amides is 1. The predicted octanol–water partition coefficient (Wildman–Crippen LogP) is 3.94. The quantitative estimate of drug-likeness (QED) is 0.526. The molecule has 1 aliphatic rings. The highest BCUT2D eigenvalue weighted by Crippen LogP contribution is 2.18. The van der Waals surface area contributed by atoms with Crippen LogP contribution in [0.15, 0.2) is 53.4 Å². The number of benzene rings is 2. The molecule has 0 bridgehead atoms. The van der Waals surface area contributed by atoms with Gasteiger partial charge in [0.1, 0.15) is 5.82 Å². The smallest absolute Gasteiger partial charge is 0.261 e. The third kappa shape index (κ3) is 7.31. The molecule has 174 valence electrons. The van der Waals surface area contributed by atoms with Crippen molar-refractivity contribution in [1.29, 1.82) is 0 Å². The van der Waals surface area contributed by atoms with E-state index in [0.717, 1.165) is 37.1 Å². The third-order valence-corrected chi connectivity index (χ3v) is 7.23. The Balaban J connectivity index is 1.39. The van der Waals surface area contributed by atoms with Gasteiger partial charge in [-0.15, -0.1) is 0 Å². The lowest BCUT2D eigenvalue weighted by Gasteiger charge is -2.33. The van der Waals surface area contributed by atoms with E-state index in [4.69, 9.17) is 0 Å². The average molecular weight is 462 g/mol. The van der Waals surface area contributed by atoms with E-state index >= 15 is 0 Å². The van der Waals surface area contributed by atoms with E-state index in [1.54, 1.807) is 24.3 Å². The van der Waals surface area contributed by atoms with Gasteiger partial charge < -0.3 is 10.2 Å². The summed E-state index contributed by atoms with van der Waals surface area (Å²) in [7, 11) is -3.79. The summed E-state index contributed by atoms with van der Waals surface area (Å²) in [4.78, 5) is 14.7. The van der Waals surface area contributed by atoms with Crippen molar-refractivity contribution in [2.24, 2.45) is 0 Å². The first-order valence-electron chi connectivity index (χ1n) is 11.2. The molecule has 1 fully saturated rings. The number of rotatable bonds is 10. The van der Waals surface area contributed by atoms with Crippen molar-refractivity contribution >= 4 is 21.6 Å². The molecule has 0 spiro atoms. The maximum absolute atomic E-state index is 13.0. The lowest BCUT2D eigenvalue weighted by atomic mass is 10.0. The van der Waals surface area contributed by atoms with E-state index < -0.39 is 15.8 Å². The first-order chi connectivity index (χ1) is 15.3. The summed E-state index contributed by atoms with van der Waals surface area (Å²) >= 11 is 0. The summed E-state index contributed by atoms with van der Waals surface area (Å²) in [5.41, 5.74) is 1.18. The van der Waals surface area contributed by atoms with Gasteiger partial charge in [0.25, 0.3) is 10.0 Å². The van der Waals surface area contributed by atoms with Gasteiger partial charge in [0, 0.05) is 18.3 Å². The molecule has 2 N–H and O–H groups in total. The molecule has 0 aromatic heterocycles. The Hall–Kier alpha value is -2.45. The topological polar surface area (TPSA) is 78.5 Å². The predicted molar refractivity (Wildman–Crippen MR) is 124 cm³/mol. The van der Waals surface area contributed by atoms with Gasteiger partial charge in [0.05, 0.1) is 11.3 Å². The van der Waals surface area contributed by atoms with Crippen molar-refractivity contribution in [1.82, 2.24) is 10.2 Å². The molecule has 1 amide bonds. The second-order valence-corrected chi connectivity index (χ2v) is 10.1. The Morgan fingerprint density at radius 2 is 1.78 bits per heavy atom. The summed E-state index contributed by atoms with van der Waals surface area (Å²) in [6.07, 6.45) is 6.17. The molecule has 0 radical (unpaired) electrons. The largest absolute Gasteiger partial charge is 0.356 e. The Morgan fingerprint density at radius 1 is 1.06 bits per heavy atom. The van der Waals surface area contributed by atoms with Gasteiger partial charge in [-0.05, 0) is 87.7 Å². The van der Waals surface area contributed by atoms with Crippen LogP contribution in [0.5, 0.6) is 0 Å². The van der Waals surface area contributed by atoms with Crippen molar-refractivity contribution in [2.45, 2.75) is 56.4 Å². The van der Waals surface area contributed by atoms with E-state index in [1.165, 1.54) is 37.9 Å². The first kappa shape index (κ1) is 24.2. The molecule has 2 aromatic rings. The number of sulfonamides is 1. The molecule has 1 unspecified atom stereocenters. The summed E-state index contributed by atoms with van der Waals surface area (Å²) < 4.78 is 40.2. The molecule has 6 nitrogen and oxygen atoms in total. The van der Waals surface area contributed by atoms with Gasteiger partial charge in [-0.2, -0.15) is 0 Å². The van der Waals surface area contributed by atoms with E-state index in [1.807, 2.05) is 0 Å². The number of carbonyl (C=O) groups excluding carboxylic acids is 1. The molecular weight excluding hydrogens is 429 g/mol. The zero-order valence-corrected chi connectivity index (χ0v) is 19.3. The summed E-state index contributed by atoms with van der Waals surface area (Å²) in [6.45, 7) is 5.23. The van der Waals surface area contributed by atoms with Crippen LogP contribution in [0.25, 0.3) is 0 Å². The van der Waals surface area contributed by atoms with Gasteiger partial charge in [-0.1, -0.05) is 18.6 Å². The minimum atomic E-state index is -3.79. The van der Waals surface area contributed by atoms with Crippen molar-refractivity contribution in [3.63, 3.8) is 0 Å². The second-order valence-electron chi connectivity index (χ2n) is 8.37. The van der Waals surface area contributed by atoms with E-state index in [-0.39, 0.29) is 17.2 Å². The fraction of sp³-hybridized carbons (Fsp3) is 0.458. The van der Waals surface area contributed by atoms with Gasteiger partial charge >= 0.3 is 0 Å². The van der Waals surface area contributed by atoms with Crippen molar-refractivity contribution in [3.05, 3.63) is 59.9 Å². The average Bonchev–Trinajstić information content (AvgIpc) is 2.76. The number of hydrogen-bond acceptors (Lipinski definition) is 4.